The van der Waals surface area contributed by atoms with Crippen LogP contribution in [0.4, 0.5) is 10.5 Å². The molecular formula is C23H28N2O4. The van der Waals surface area contributed by atoms with Crippen LogP contribution in [0, 0.1) is 6.92 Å². The predicted molar refractivity (Wildman–Crippen MR) is 112 cm³/mol. The zero-order chi connectivity index (χ0) is 21.2. The average molecular weight is 396 g/mol. The third-order valence-corrected chi connectivity index (χ3v) is 4.59. The summed E-state index contributed by atoms with van der Waals surface area (Å²) in [5, 5.41) is 5.82. The third kappa shape index (κ3) is 5.50. The van der Waals surface area contributed by atoms with E-state index in [1.165, 1.54) is 5.56 Å². The molecule has 1 heterocycles. The molecule has 0 saturated carbocycles. The average Bonchev–Trinajstić information content (AvgIpc) is 2.62. The lowest BCUT2D eigenvalue weighted by Crippen LogP contribution is -2.36. The molecule has 0 fully saturated rings. The zero-order valence-electron chi connectivity index (χ0n) is 17.5. The van der Waals surface area contributed by atoms with Gasteiger partial charge in [-0.25, -0.2) is 4.79 Å². The molecule has 6 nitrogen and oxygen atoms in total. The molecule has 2 aromatic rings. The van der Waals surface area contributed by atoms with Gasteiger partial charge in [-0.05, 0) is 64.3 Å². The summed E-state index contributed by atoms with van der Waals surface area (Å²) in [5.41, 5.74) is 3.13. The highest BCUT2D eigenvalue weighted by atomic mass is 16.6. The van der Waals surface area contributed by atoms with Crippen LogP contribution in [0.2, 0.25) is 0 Å². The van der Waals surface area contributed by atoms with Gasteiger partial charge < -0.3 is 20.1 Å². The van der Waals surface area contributed by atoms with Crippen LogP contribution in [0.1, 0.15) is 50.4 Å². The molecule has 0 saturated heterocycles. The van der Waals surface area contributed by atoms with Gasteiger partial charge in [-0.1, -0.05) is 35.9 Å². The number of hydrogen-bond donors (Lipinski definition) is 2. The van der Waals surface area contributed by atoms with Gasteiger partial charge >= 0.3 is 6.09 Å². The van der Waals surface area contributed by atoms with Crippen LogP contribution in [0.25, 0.3) is 0 Å². The van der Waals surface area contributed by atoms with Gasteiger partial charge in [-0.2, -0.15) is 0 Å². The summed E-state index contributed by atoms with van der Waals surface area (Å²) in [5.74, 6) is 0.428. The van der Waals surface area contributed by atoms with Crippen LogP contribution < -0.4 is 15.4 Å². The van der Waals surface area contributed by atoms with Crippen LogP contribution in [0.15, 0.2) is 42.5 Å². The Labute approximate surface area is 171 Å². The van der Waals surface area contributed by atoms with Gasteiger partial charge in [-0.15, -0.1) is 0 Å². The molecule has 0 bridgehead atoms. The number of fused-ring (bicyclic) bond motifs is 1. The molecule has 0 aromatic heterocycles. The van der Waals surface area contributed by atoms with Crippen molar-refractivity contribution in [1.29, 1.82) is 0 Å². The van der Waals surface area contributed by atoms with E-state index in [2.05, 4.69) is 10.6 Å². The molecular weight excluding hydrogens is 368 g/mol. The molecule has 2 N–H and O–H groups in total. The van der Waals surface area contributed by atoms with Gasteiger partial charge in [0.2, 0.25) is 0 Å². The summed E-state index contributed by atoms with van der Waals surface area (Å²) in [4.78, 5) is 24.4. The molecule has 2 atom stereocenters. The number of nitrogens with one attached hydrogen (secondary N) is 2. The summed E-state index contributed by atoms with van der Waals surface area (Å²) in [6.45, 7) is 9.22. The van der Waals surface area contributed by atoms with Crippen molar-refractivity contribution < 1.29 is 19.1 Å². The third-order valence-electron chi connectivity index (χ3n) is 4.59. The van der Waals surface area contributed by atoms with Gasteiger partial charge in [0.25, 0.3) is 5.91 Å². The number of ether oxygens (including phenoxy) is 2. The van der Waals surface area contributed by atoms with Crippen molar-refractivity contribution >= 4 is 17.7 Å². The predicted octanol–water partition coefficient (Wildman–Crippen LogP) is 4.52. The maximum atomic E-state index is 12.4. The van der Waals surface area contributed by atoms with Crippen molar-refractivity contribution in [3.8, 4) is 5.75 Å². The molecule has 2 aromatic carbocycles. The number of aryl methyl sites for hydroxylation is 1. The Balaban J connectivity index is 1.87. The standard InChI is InChI=1S/C23H28N2O4/c1-14-6-8-16(9-7-14)12-18(25-22(27)29-23(3,4)5)17-10-11-20-19(13-17)24-21(26)15(2)28-20/h6-11,13,15,18H,12H2,1-5H3,(H,24,26)(H,25,27). The molecule has 0 aliphatic carbocycles. The van der Waals surface area contributed by atoms with Crippen LogP contribution in [-0.2, 0) is 16.0 Å². The molecule has 0 spiro atoms. The fourth-order valence-corrected chi connectivity index (χ4v) is 3.11. The smallest absolute Gasteiger partial charge is 0.408 e. The lowest BCUT2D eigenvalue weighted by molar-refractivity contribution is -0.122. The van der Waals surface area contributed by atoms with Crippen LogP contribution in [0.5, 0.6) is 5.75 Å². The SMILES string of the molecule is Cc1ccc(CC(NC(=O)OC(C)(C)C)c2ccc3c(c2)NC(=O)C(C)O3)cc1. The van der Waals surface area contributed by atoms with Crippen molar-refractivity contribution in [3.05, 3.63) is 59.2 Å². The van der Waals surface area contributed by atoms with E-state index in [0.29, 0.717) is 17.9 Å². The molecule has 1 aliphatic rings. The second-order valence-electron chi connectivity index (χ2n) is 8.39. The lowest BCUT2D eigenvalue weighted by Gasteiger charge is -2.27. The minimum Gasteiger partial charge on any atom is -0.479 e. The number of carbonyl (C=O) groups is 2. The highest BCUT2D eigenvalue weighted by Crippen LogP contribution is 2.33. The molecule has 2 unspecified atom stereocenters. The monoisotopic (exact) mass is 396 g/mol. The van der Waals surface area contributed by atoms with Gasteiger partial charge in [0.15, 0.2) is 6.10 Å². The molecule has 29 heavy (non-hydrogen) atoms. The van der Waals surface area contributed by atoms with E-state index in [0.717, 1.165) is 11.1 Å². The topological polar surface area (TPSA) is 76.7 Å². The largest absolute Gasteiger partial charge is 0.479 e. The maximum Gasteiger partial charge on any atom is 0.408 e. The first-order valence-corrected chi connectivity index (χ1v) is 9.77. The van der Waals surface area contributed by atoms with Crippen molar-refractivity contribution in [2.24, 2.45) is 0 Å². The number of amides is 2. The minimum absolute atomic E-state index is 0.190. The second kappa shape index (κ2) is 8.15. The molecule has 2 amide bonds. The van der Waals surface area contributed by atoms with Gasteiger partial charge in [0.1, 0.15) is 11.4 Å². The van der Waals surface area contributed by atoms with Gasteiger partial charge in [-0.3, -0.25) is 4.79 Å². The highest BCUT2D eigenvalue weighted by molar-refractivity contribution is 5.97. The number of alkyl carbamates (subject to hydrolysis) is 1. The maximum absolute atomic E-state index is 12.4. The van der Waals surface area contributed by atoms with E-state index in [-0.39, 0.29) is 11.9 Å². The Morgan fingerprint density at radius 2 is 1.90 bits per heavy atom. The Bertz CT molecular complexity index is 900. The Hall–Kier alpha value is -3.02. The number of hydrogen-bond acceptors (Lipinski definition) is 4. The van der Waals surface area contributed by atoms with Crippen molar-refractivity contribution in [1.82, 2.24) is 5.32 Å². The Kier molecular flexibility index (Phi) is 5.82. The molecule has 1 aliphatic heterocycles. The first kappa shape index (κ1) is 20.7. The van der Waals surface area contributed by atoms with E-state index >= 15 is 0 Å². The number of carbonyl (C=O) groups excluding carboxylic acids is 2. The molecule has 6 heteroatoms. The quantitative estimate of drug-likeness (QED) is 0.796. The number of benzene rings is 2. The summed E-state index contributed by atoms with van der Waals surface area (Å²) < 4.78 is 11.1. The summed E-state index contributed by atoms with van der Waals surface area (Å²) in [7, 11) is 0. The van der Waals surface area contributed by atoms with Gasteiger partial charge in [0, 0.05) is 0 Å². The van der Waals surface area contributed by atoms with E-state index in [1.807, 2.05) is 70.2 Å². The van der Waals surface area contributed by atoms with E-state index in [4.69, 9.17) is 9.47 Å². The van der Waals surface area contributed by atoms with Crippen molar-refractivity contribution in [2.45, 2.75) is 58.8 Å². The van der Waals surface area contributed by atoms with E-state index < -0.39 is 17.8 Å². The van der Waals surface area contributed by atoms with Crippen LogP contribution in [0.3, 0.4) is 0 Å². The summed E-state index contributed by atoms with van der Waals surface area (Å²) in [6, 6.07) is 13.4. The van der Waals surface area contributed by atoms with Crippen molar-refractivity contribution in [3.63, 3.8) is 0 Å². The van der Waals surface area contributed by atoms with Crippen molar-refractivity contribution in [2.75, 3.05) is 5.32 Å². The molecule has 0 radical (unpaired) electrons. The fraction of sp³-hybridized carbons (Fsp3) is 0.391. The minimum atomic E-state index is -0.591. The van der Waals surface area contributed by atoms with Crippen LogP contribution >= 0.6 is 0 Å². The first-order valence-electron chi connectivity index (χ1n) is 9.77. The van der Waals surface area contributed by atoms with Gasteiger partial charge in [0.05, 0.1) is 11.7 Å². The first-order chi connectivity index (χ1) is 13.6. The molecule has 3 rings (SSSR count). The fourth-order valence-electron chi connectivity index (χ4n) is 3.11. The normalized spacial score (nSPS) is 16.9. The summed E-state index contributed by atoms with van der Waals surface area (Å²) in [6.07, 6.45) is -0.429. The van der Waals surface area contributed by atoms with Crippen LogP contribution in [-0.4, -0.2) is 23.7 Å². The zero-order valence-corrected chi connectivity index (χ0v) is 17.5. The Morgan fingerprint density at radius 1 is 1.21 bits per heavy atom. The highest BCUT2D eigenvalue weighted by Gasteiger charge is 2.26. The number of anilines is 1. The van der Waals surface area contributed by atoms with E-state index in [9.17, 15) is 9.59 Å². The molecule has 154 valence electrons. The lowest BCUT2D eigenvalue weighted by atomic mass is 9.97. The van der Waals surface area contributed by atoms with E-state index in [1.54, 1.807) is 6.92 Å². The second-order valence-corrected chi connectivity index (χ2v) is 8.39. The Morgan fingerprint density at radius 3 is 2.55 bits per heavy atom. The number of rotatable bonds is 4. The summed E-state index contributed by atoms with van der Waals surface area (Å²) >= 11 is 0.